The number of thiazole rings is 1. The molecule has 0 amide bonds. The summed E-state index contributed by atoms with van der Waals surface area (Å²) in [6.45, 7) is 2.32. The van der Waals surface area contributed by atoms with Crippen LogP contribution in [0.15, 0.2) is 29.6 Å². The standard InChI is InChI=1S/C17H18ClNO2S/c1-2-15-19-14(11-22-15)10-21-16(20)17(8-3-9-17)12-4-6-13(18)7-5-12/h4-7,11H,2-3,8-10H2,1H3. The summed E-state index contributed by atoms with van der Waals surface area (Å²) in [4.78, 5) is 17.0. The van der Waals surface area contributed by atoms with Gasteiger partial charge in [0.2, 0.25) is 0 Å². The average Bonchev–Trinajstić information content (AvgIpc) is 2.94. The van der Waals surface area contributed by atoms with Gasteiger partial charge in [0.05, 0.1) is 16.1 Å². The zero-order valence-corrected chi connectivity index (χ0v) is 14.0. The van der Waals surface area contributed by atoms with Gasteiger partial charge < -0.3 is 4.74 Å². The lowest BCUT2D eigenvalue weighted by Gasteiger charge is -2.39. The van der Waals surface area contributed by atoms with Crippen molar-refractivity contribution in [3.8, 4) is 0 Å². The fourth-order valence-corrected chi connectivity index (χ4v) is 3.62. The molecule has 0 unspecified atom stereocenters. The van der Waals surface area contributed by atoms with Crippen LogP contribution in [-0.2, 0) is 28.0 Å². The summed E-state index contributed by atoms with van der Waals surface area (Å²) >= 11 is 7.55. The van der Waals surface area contributed by atoms with Gasteiger partial charge in [0.15, 0.2) is 0 Å². The van der Waals surface area contributed by atoms with E-state index in [1.54, 1.807) is 11.3 Å². The maximum Gasteiger partial charge on any atom is 0.316 e. The van der Waals surface area contributed by atoms with E-state index < -0.39 is 5.41 Å². The molecule has 1 fully saturated rings. The van der Waals surface area contributed by atoms with Crippen LogP contribution >= 0.6 is 22.9 Å². The molecular formula is C17H18ClNO2S. The average molecular weight is 336 g/mol. The summed E-state index contributed by atoms with van der Waals surface area (Å²) in [6.07, 6.45) is 3.64. The monoisotopic (exact) mass is 335 g/mol. The van der Waals surface area contributed by atoms with Crippen LogP contribution in [0.2, 0.25) is 5.02 Å². The predicted octanol–water partition coefficient (Wildman–Crippen LogP) is 4.52. The van der Waals surface area contributed by atoms with E-state index in [0.29, 0.717) is 5.02 Å². The Balaban J connectivity index is 1.70. The second-order valence-electron chi connectivity index (χ2n) is 5.60. The quantitative estimate of drug-likeness (QED) is 0.754. The van der Waals surface area contributed by atoms with Gasteiger partial charge in [-0.1, -0.05) is 37.1 Å². The van der Waals surface area contributed by atoms with Crippen molar-refractivity contribution in [2.45, 2.75) is 44.6 Å². The summed E-state index contributed by atoms with van der Waals surface area (Å²) in [6, 6.07) is 7.53. The summed E-state index contributed by atoms with van der Waals surface area (Å²) in [5, 5.41) is 3.71. The third-order valence-electron chi connectivity index (χ3n) is 4.25. The highest BCUT2D eigenvalue weighted by Gasteiger charge is 2.47. The Bertz CT molecular complexity index is 662. The first kappa shape index (κ1) is 15.5. The molecule has 5 heteroatoms. The lowest BCUT2D eigenvalue weighted by molar-refractivity contribution is -0.156. The molecule has 1 aliphatic carbocycles. The van der Waals surface area contributed by atoms with E-state index in [1.165, 1.54) is 0 Å². The van der Waals surface area contributed by atoms with Gasteiger partial charge in [0.25, 0.3) is 0 Å². The van der Waals surface area contributed by atoms with E-state index in [4.69, 9.17) is 16.3 Å². The Kier molecular flexibility index (Phi) is 4.50. The van der Waals surface area contributed by atoms with Crippen LogP contribution in [0.1, 0.15) is 42.5 Å². The number of esters is 1. The van der Waals surface area contributed by atoms with Crippen LogP contribution in [0.3, 0.4) is 0 Å². The van der Waals surface area contributed by atoms with Gasteiger partial charge in [0, 0.05) is 10.4 Å². The number of aryl methyl sites for hydroxylation is 1. The van der Waals surface area contributed by atoms with E-state index in [9.17, 15) is 4.79 Å². The Morgan fingerprint density at radius 3 is 2.64 bits per heavy atom. The summed E-state index contributed by atoms with van der Waals surface area (Å²) in [5.74, 6) is -0.146. The van der Waals surface area contributed by atoms with Crippen LogP contribution < -0.4 is 0 Å². The molecule has 1 aromatic heterocycles. The third-order valence-corrected chi connectivity index (χ3v) is 5.54. The highest BCUT2D eigenvalue weighted by molar-refractivity contribution is 7.09. The van der Waals surface area contributed by atoms with Crippen molar-refractivity contribution >= 4 is 28.9 Å². The van der Waals surface area contributed by atoms with Crippen molar-refractivity contribution in [2.75, 3.05) is 0 Å². The van der Waals surface area contributed by atoms with Crippen molar-refractivity contribution < 1.29 is 9.53 Å². The number of hydrogen-bond acceptors (Lipinski definition) is 4. The topological polar surface area (TPSA) is 39.2 Å². The number of benzene rings is 1. The molecular weight excluding hydrogens is 318 g/mol. The molecule has 22 heavy (non-hydrogen) atoms. The van der Waals surface area contributed by atoms with Crippen LogP contribution in [0.25, 0.3) is 0 Å². The first-order chi connectivity index (χ1) is 10.6. The molecule has 1 aliphatic rings. The molecule has 0 saturated heterocycles. The van der Waals surface area contributed by atoms with Crippen LogP contribution in [0.5, 0.6) is 0 Å². The maximum absolute atomic E-state index is 12.6. The largest absolute Gasteiger partial charge is 0.458 e. The Morgan fingerprint density at radius 1 is 1.36 bits per heavy atom. The van der Waals surface area contributed by atoms with E-state index in [-0.39, 0.29) is 12.6 Å². The number of rotatable bonds is 5. The zero-order valence-electron chi connectivity index (χ0n) is 12.5. The number of nitrogens with zero attached hydrogens (tertiary/aromatic N) is 1. The number of halogens is 1. The SMILES string of the molecule is CCc1nc(COC(=O)C2(c3ccc(Cl)cc3)CCC2)cs1. The molecule has 2 aromatic rings. The molecule has 0 radical (unpaired) electrons. The second-order valence-corrected chi connectivity index (χ2v) is 6.98. The minimum Gasteiger partial charge on any atom is -0.458 e. The molecule has 0 N–H and O–H groups in total. The number of carbonyl (C=O) groups excluding carboxylic acids is 1. The molecule has 0 spiro atoms. The highest BCUT2D eigenvalue weighted by atomic mass is 35.5. The number of ether oxygens (including phenoxy) is 1. The van der Waals surface area contributed by atoms with Gasteiger partial charge in [-0.15, -0.1) is 11.3 Å². The molecule has 1 saturated carbocycles. The molecule has 0 atom stereocenters. The van der Waals surface area contributed by atoms with Crippen molar-refractivity contribution in [3.63, 3.8) is 0 Å². The van der Waals surface area contributed by atoms with E-state index in [1.807, 2.05) is 29.6 Å². The molecule has 0 aliphatic heterocycles. The van der Waals surface area contributed by atoms with Gasteiger partial charge in [0.1, 0.15) is 6.61 Å². The van der Waals surface area contributed by atoms with Gasteiger partial charge >= 0.3 is 5.97 Å². The first-order valence-corrected chi connectivity index (χ1v) is 8.76. The summed E-state index contributed by atoms with van der Waals surface area (Å²) in [5.41, 5.74) is 1.34. The van der Waals surface area contributed by atoms with Gasteiger partial charge in [-0.05, 0) is 37.0 Å². The van der Waals surface area contributed by atoms with Crippen molar-refractivity contribution in [3.05, 3.63) is 50.9 Å². The third kappa shape index (κ3) is 2.90. The molecule has 116 valence electrons. The number of carbonyl (C=O) groups is 1. The van der Waals surface area contributed by atoms with Gasteiger partial charge in [-0.25, -0.2) is 4.98 Å². The molecule has 3 rings (SSSR count). The normalized spacial score (nSPS) is 16.1. The van der Waals surface area contributed by atoms with Crippen LogP contribution in [0.4, 0.5) is 0 Å². The Morgan fingerprint density at radius 2 is 2.09 bits per heavy atom. The second kappa shape index (κ2) is 6.39. The van der Waals surface area contributed by atoms with Crippen LogP contribution in [0, 0.1) is 0 Å². The predicted molar refractivity (Wildman–Crippen MR) is 88.3 cm³/mol. The van der Waals surface area contributed by atoms with Crippen LogP contribution in [-0.4, -0.2) is 11.0 Å². The smallest absolute Gasteiger partial charge is 0.316 e. The van der Waals surface area contributed by atoms with Gasteiger partial charge in [-0.2, -0.15) is 0 Å². The molecule has 1 aromatic carbocycles. The Labute approximate surface area is 139 Å². The fraction of sp³-hybridized carbons (Fsp3) is 0.412. The van der Waals surface area contributed by atoms with E-state index >= 15 is 0 Å². The van der Waals surface area contributed by atoms with E-state index in [0.717, 1.165) is 41.9 Å². The zero-order chi connectivity index (χ0) is 15.6. The fourth-order valence-electron chi connectivity index (χ4n) is 2.77. The lowest BCUT2D eigenvalue weighted by Crippen LogP contribution is -2.43. The minimum atomic E-state index is -0.492. The first-order valence-electron chi connectivity index (χ1n) is 7.50. The molecule has 1 heterocycles. The highest BCUT2D eigenvalue weighted by Crippen LogP contribution is 2.45. The lowest BCUT2D eigenvalue weighted by atomic mass is 9.64. The van der Waals surface area contributed by atoms with Gasteiger partial charge in [-0.3, -0.25) is 4.79 Å². The maximum atomic E-state index is 12.6. The van der Waals surface area contributed by atoms with Crippen molar-refractivity contribution in [1.29, 1.82) is 0 Å². The molecule has 3 nitrogen and oxygen atoms in total. The number of aromatic nitrogens is 1. The Hall–Kier alpha value is -1.39. The summed E-state index contributed by atoms with van der Waals surface area (Å²) in [7, 11) is 0. The van der Waals surface area contributed by atoms with Crippen molar-refractivity contribution in [1.82, 2.24) is 4.98 Å². The number of hydrogen-bond donors (Lipinski definition) is 0. The van der Waals surface area contributed by atoms with E-state index in [2.05, 4.69) is 11.9 Å². The minimum absolute atomic E-state index is 0.146. The molecule has 0 bridgehead atoms. The van der Waals surface area contributed by atoms with Crippen molar-refractivity contribution in [2.24, 2.45) is 0 Å². The summed E-state index contributed by atoms with van der Waals surface area (Å²) < 4.78 is 5.55.